The predicted molar refractivity (Wildman–Crippen MR) is 81.3 cm³/mol. The Bertz CT molecular complexity index is 754. The van der Waals surface area contributed by atoms with Gasteiger partial charge in [0.1, 0.15) is 5.69 Å². The summed E-state index contributed by atoms with van der Waals surface area (Å²) in [6.45, 7) is -1.35. The third-order valence-corrected chi connectivity index (χ3v) is 3.17. The number of alkyl halides is 2. The van der Waals surface area contributed by atoms with Crippen molar-refractivity contribution in [2.24, 2.45) is 5.18 Å². The van der Waals surface area contributed by atoms with Crippen LogP contribution in [0.2, 0.25) is 0 Å². The summed E-state index contributed by atoms with van der Waals surface area (Å²) in [4.78, 5) is 18.6. The molecule has 0 aliphatic rings. The predicted octanol–water partition coefficient (Wildman–Crippen LogP) is 2.12. The van der Waals surface area contributed by atoms with Crippen molar-refractivity contribution in [3.8, 4) is 5.75 Å². The summed E-state index contributed by atoms with van der Waals surface area (Å²) in [5.74, 6) is -0.574. The van der Waals surface area contributed by atoms with Gasteiger partial charge in [-0.2, -0.15) is 8.78 Å². The third-order valence-electron chi connectivity index (χ3n) is 3.17. The molecule has 0 saturated carbocycles. The van der Waals surface area contributed by atoms with Crippen LogP contribution in [-0.4, -0.2) is 16.6 Å². The minimum atomic E-state index is -2.99. The normalized spacial score (nSPS) is 10.8. The lowest BCUT2D eigenvalue weighted by Gasteiger charge is -2.13. The average molecular weight is 324 g/mol. The molecule has 10 heteroatoms. The monoisotopic (exact) mass is 324 g/mol. The van der Waals surface area contributed by atoms with Crippen molar-refractivity contribution >= 4 is 23.0 Å². The van der Waals surface area contributed by atoms with E-state index < -0.39 is 6.61 Å². The van der Waals surface area contributed by atoms with Crippen LogP contribution >= 0.6 is 0 Å². The number of nitrogens with two attached hydrogens (primary N) is 3. The number of nitrogens with zero attached hydrogens (tertiary/aromatic N) is 3. The molecule has 0 atom stereocenters. The Morgan fingerprint density at radius 1 is 1.22 bits per heavy atom. The number of hydrogen-bond acceptors (Lipinski definition) is 8. The fraction of sp³-hybridized carbons (Fsp3) is 0.231. The molecule has 0 unspecified atom stereocenters. The summed E-state index contributed by atoms with van der Waals surface area (Å²) < 4.78 is 28.6. The van der Waals surface area contributed by atoms with E-state index in [1.807, 2.05) is 0 Å². The Labute approximate surface area is 129 Å². The van der Waals surface area contributed by atoms with Crippen LogP contribution in [0, 0.1) is 11.8 Å². The first kappa shape index (κ1) is 16.3. The van der Waals surface area contributed by atoms with E-state index in [0.29, 0.717) is 17.0 Å². The van der Waals surface area contributed by atoms with Gasteiger partial charge in [-0.15, -0.1) is 4.91 Å². The maximum Gasteiger partial charge on any atom is 0.387 e. The zero-order valence-electron chi connectivity index (χ0n) is 12.1. The van der Waals surface area contributed by atoms with Crippen LogP contribution in [0.15, 0.2) is 17.3 Å². The Balaban J connectivity index is 2.35. The summed E-state index contributed by atoms with van der Waals surface area (Å²) in [6, 6.07) is 2.75. The van der Waals surface area contributed by atoms with E-state index in [1.165, 1.54) is 12.1 Å². The number of rotatable bonds is 5. The second kappa shape index (κ2) is 6.38. The fourth-order valence-corrected chi connectivity index (χ4v) is 2.04. The molecule has 0 radical (unpaired) electrons. The van der Waals surface area contributed by atoms with Crippen molar-refractivity contribution in [1.82, 2.24) is 9.97 Å². The first-order valence-electron chi connectivity index (χ1n) is 6.41. The highest BCUT2D eigenvalue weighted by molar-refractivity contribution is 5.77. The molecule has 0 spiro atoms. The summed E-state index contributed by atoms with van der Waals surface area (Å²) in [5.41, 5.74) is 18.8. The molecule has 23 heavy (non-hydrogen) atoms. The second-order valence-corrected chi connectivity index (χ2v) is 4.66. The van der Waals surface area contributed by atoms with Gasteiger partial charge in [0.2, 0.25) is 5.82 Å². The molecule has 2 heterocycles. The van der Waals surface area contributed by atoms with Crippen molar-refractivity contribution in [1.29, 1.82) is 0 Å². The molecule has 0 saturated heterocycles. The van der Waals surface area contributed by atoms with E-state index in [4.69, 9.17) is 17.2 Å². The number of hydrogen-bond donors (Lipinski definition) is 3. The Morgan fingerprint density at radius 2 is 1.91 bits per heavy atom. The number of anilines is 3. The number of ether oxygens (including phenoxy) is 1. The molecule has 0 fully saturated rings. The molecular formula is C13H14F2N6O2. The Morgan fingerprint density at radius 3 is 2.48 bits per heavy atom. The number of aromatic nitrogens is 2. The van der Waals surface area contributed by atoms with Gasteiger partial charge >= 0.3 is 6.61 Å². The molecule has 2 aromatic rings. The van der Waals surface area contributed by atoms with Crippen LogP contribution in [0.5, 0.6) is 5.75 Å². The van der Waals surface area contributed by atoms with Gasteiger partial charge in [0, 0.05) is 23.4 Å². The highest BCUT2D eigenvalue weighted by Crippen LogP contribution is 2.32. The number of aryl methyl sites for hydroxylation is 1. The largest absolute Gasteiger partial charge is 0.431 e. The van der Waals surface area contributed by atoms with Gasteiger partial charge in [0.05, 0.1) is 5.69 Å². The van der Waals surface area contributed by atoms with E-state index >= 15 is 0 Å². The smallest absolute Gasteiger partial charge is 0.387 e. The molecule has 0 aliphatic carbocycles. The van der Waals surface area contributed by atoms with Crippen LogP contribution in [0.4, 0.5) is 31.8 Å². The standard InChI is InChI=1S/C13H14F2N6O2/c1-5-7(9(16)10(17)12(19-5)21-22)4-6-2-3-8(11(18)20-6)23-13(14)15/h2-3,13H,4,17H2,1H3,(H2,16,19)(H2,18,20). The SMILES string of the molecule is Cc1nc(N=O)c(N)c(N)c1Cc1ccc(OC(F)F)c(N)n1. The fourth-order valence-electron chi connectivity index (χ4n) is 2.04. The molecule has 2 aromatic heterocycles. The van der Waals surface area contributed by atoms with Crippen LogP contribution < -0.4 is 21.9 Å². The lowest BCUT2D eigenvalue weighted by Crippen LogP contribution is -2.09. The van der Waals surface area contributed by atoms with Crippen molar-refractivity contribution in [2.45, 2.75) is 20.0 Å². The number of nitroso groups, excluding NO2 is 1. The first-order chi connectivity index (χ1) is 10.8. The summed E-state index contributed by atoms with van der Waals surface area (Å²) in [7, 11) is 0. The van der Waals surface area contributed by atoms with Crippen molar-refractivity contribution in [3.63, 3.8) is 0 Å². The minimum absolute atomic E-state index is 0.0220. The first-order valence-corrected chi connectivity index (χ1v) is 6.41. The summed E-state index contributed by atoms with van der Waals surface area (Å²) >= 11 is 0. The maximum atomic E-state index is 12.2. The molecule has 0 amide bonds. The highest BCUT2D eigenvalue weighted by Gasteiger charge is 2.16. The van der Waals surface area contributed by atoms with Crippen LogP contribution in [0.1, 0.15) is 17.0 Å². The molecule has 0 aromatic carbocycles. The molecule has 0 aliphatic heterocycles. The second-order valence-electron chi connectivity index (χ2n) is 4.66. The van der Waals surface area contributed by atoms with Crippen molar-refractivity contribution in [3.05, 3.63) is 34.0 Å². The highest BCUT2D eigenvalue weighted by atomic mass is 19.3. The van der Waals surface area contributed by atoms with Gasteiger partial charge in [0.15, 0.2) is 11.6 Å². The van der Waals surface area contributed by atoms with Gasteiger partial charge in [-0.05, 0) is 24.2 Å². The van der Waals surface area contributed by atoms with Crippen molar-refractivity contribution < 1.29 is 13.5 Å². The quantitative estimate of drug-likeness (QED) is 0.715. The van der Waals surface area contributed by atoms with E-state index in [9.17, 15) is 13.7 Å². The summed E-state index contributed by atoms with van der Waals surface area (Å²) in [6.07, 6.45) is 0.202. The van der Waals surface area contributed by atoms with Gasteiger partial charge in [-0.1, -0.05) is 0 Å². The Kier molecular flexibility index (Phi) is 4.53. The van der Waals surface area contributed by atoms with Crippen molar-refractivity contribution in [2.75, 3.05) is 17.2 Å². The van der Waals surface area contributed by atoms with Gasteiger partial charge < -0.3 is 21.9 Å². The van der Waals surface area contributed by atoms with Gasteiger partial charge in [0.25, 0.3) is 0 Å². The average Bonchev–Trinajstić information content (AvgIpc) is 2.49. The molecule has 122 valence electrons. The lowest BCUT2D eigenvalue weighted by atomic mass is 10.0. The minimum Gasteiger partial charge on any atom is -0.431 e. The van der Waals surface area contributed by atoms with E-state index in [2.05, 4.69) is 19.9 Å². The third kappa shape index (κ3) is 3.42. The Hall–Kier alpha value is -3.04. The number of pyridine rings is 2. The van der Waals surface area contributed by atoms with Gasteiger partial charge in [-0.25, -0.2) is 9.97 Å². The van der Waals surface area contributed by atoms with Gasteiger partial charge in [-0.3, -0.25) is 0 Å². The topological polar surface area (TPSA) is 142 Å². The number of nitrogen functional groups attached to an aromatic ring is 3. The van der Waals surface area contributed by atoms with E-state index in [1.54, 1.807) is 6.92 Å². The molecule has 6 N–H and O–H groups in total. The molecule has 8 nitrogen and oxygen atoms in total. The van der Waals surface area contributed by atoms with Crippen LogP contribution in [-0.2, 0) is 6.42 Å². The van der Waals surface area contributed by atoms with Crippen LogP contribution in [0.25, 0.3) is 0 Å². The van der Waals surface area contributed by atoms with Crippen LogP contribution in [0.3, 0.4) is 0 Å². The maximum absolute atomic E-state index is 12.2. The zero-order valence-corrected chi connectivity index (χ0v) is 12.1. The molecule has 0 bridgehead atoms. The molecule has 2 rings (SSSR count). The molecular weight excluding hydrogens is 310 g/mol. The summed E-state index contributed by atoms with van der Waals surface area (Å²) in [5, 5.41) is 2.70. The van der Waals surface area contributed by atoms with E-state index in [0.717, 1.165) is 0 Å². The lowest BCUT2D eigenvalue weighted by molar-refractivity contribution is -0.0495. The van der Waals surface area contributed by atoms with E-state index in [-0.39, 0.29) is 35.2 Å². The zero-order chi connectivity index (χ0) is 17.1. The number of halogens is 2.